The summed E-state index contributed by atoms with van der Waals surface area (Å²) in [6.45, 7) is 2.61. The van der Waals surface area contributed by atoms with Crippen molar-refractivity contribution in [3.05, 3.63) is 59.7 Å². The summed E-state index contributed by atoms with van der Waals surface area (Å²) in [5.41, 5.74) is 1.29. The Morgan fingerprint density at radius 1 is 0.731 bits per heavy atom. The topological polar surface area (TPSA) is 88.1 Å². The van der Waals surface area contributed by atoms with Crippen molar-refractivity contribution in [2.75, 3.05) is 7.11 Å². The zero-order valence-electron chi connectivity index (χ0n) is 14.6. The molecule has 0 heterocycles. The molecule has 2 aromatic carbocycles. The molecule has 0 saturated heterocycles. The summed E-state index contributed by atoms with van der Waals surface area (Å²) in [7, 11) is 1.22. The van der Waals surface area contributed by atoms with E-state index in [1.54, 1.807) is 48.5 Å². The zero-order chi connectivity index (χ0) is 19.1. The van der Waals surface area contributed by atoms with Gasteiger partial charge in [-0.1, -0.05) is 24.3 Å². The van der Waals surface area contributed by atoms with E-state index in [2.05, 4.69) is 4.74 Å². The molecule has 0 amide bonds. The third kappa shape index (κ3) is 5.34. The lowest BCUT2D eigenvalue weighted by molar-refractivity contribution is -0.132. The molecule has 2 aromatic rings. The van der Waals surface area contributed by atoms with Crippen LogP contribution in [0.2, 0.25) is 0 Å². The number of hydrogen-bond donors (Lipinski definition) is 0. The van der Waals surface area contributed by atoms with Gasteiger partial charge in [0.2, 0.25) is 0 Å². The molecule has 136 valence electrons. The Labute approximate surface area is 150 Å². The highest BCUT2D eigenvalue weighted by Gasteiger charge is 2.20. The van der Waals surface area contributed by atoms with Crippen LogP contribution in [0.5, 0.6) is 11.5 Å². The molecule has 0 atom stereocenters. The minimum absolute atomic E-state index is 0.378. The summed E-state index contributed by atoms with van der Waals surface area (Å²) in [6, 6.07) is 13.1. The van der Waals surface area contributed by atoms with Crippen LogP contribution in [-0.4, -0.2) is 25.2 Å². The Balaban J connectivity index is 2.29. The van der Waals surface area contributed by atoms with Crippen LogP contribution in [0.1, 0.15) is 31.1 Å². The van der Waals surface area contributed by atoms with Crippen LogP contribution >= 0.6 is 0 Å². The second kappa shape index (κ2) is 8.66. The summed E-state index contributed by atoms with van der Waals surface area (Å²) in [4.78, 5) is 33.6. The number of methoxy groups -OCH3 is 1. The second-order valence-corrected chi connectivity index (χ2v) is 5.28. The fraction of sp³-hybridized carbons (Fsp3) is 0.211. The fourth-order valence-electron chi connectivity index (χ4n) is 2.23. The van der Waals surface area contributed by atoms with E-state index in [0.29, 0.717) is 22.6 Å². The van der Waals surface area contributed by atoms with Gasteiger partial charge in [0.05, 0.1) is 7.11 Å². The van der Waals surface area contributed by atoms with Crippen LogP contribution in [0.15, 0.2) is 48.5 Å². The first-order valence-electron chi connectivity index (χ1n) is 7.70. The predicted molar refractivity (Wildman–Crippen MR) is 90.8 cm³/mol. The van der Waals surface area contributed by atoms with Crippen LogP contribution in [-0.2, 0) is 19.1 Å². The molecule has 2 rings (SSSR count). The Kier molecular flexibility index (Phi) is 6.32. The molecular formula is C19H18O7. The monoisotopic (exact) mass is 358 g/mol. The molecule has 0 unspecified atom stereocenters. The maximum Gasteiger partial charge on any atom is 0.508 e. The summed E-state index contributed by atoms with van der Waals surface area (Å²) in [6.07, 6.45) is -1.59. The van der Waals surface area contributed by atoms with E-state index >= 15 is 0 Å². The van der Waals surface area contributed by atoms with Gasteiger partial charge < -0.3 is 18.9 Å². The maximum atomic E-state index is 11.6. The first kappa shape index (κ1) is 19.0. The smallest absolute Gasteiger partial charge is 0.438 e. The first-order chi connectivity index (χ1) is 12.4. The van der Waals surface area contributed by atoms with Crippen LogP contribution in [0.4, 0.5) is 4.79 Å². The highest BCUT2D eigenvalue weighted by molar-refractivity contribution is 5.69. The molecule has 0 saturated carbocycles. The Bertz CT molecular complexity index is 719. The van der Waals surface area contributed by atoms with Gasteiger partial charge in [-0.25, -0.2) is 4.79 Å². The number of esters is 2. The lowest BCUT2D eigenvalue weighted by Gasteiger charge is -2.18. The van der Waals surface area contributed by atoms with Gasteiger partial charge in [-0.2, -0.15) is 0 Å². The molecule has 0 spiro atoms. The third-order valence-electron chi connectivity index (χ3n) is 3.27. The van der Waals surface area contributed by atoms with E-state index in [1.807, 2.05) is 0 Å². The van der Waals surface area contributed by atoms with Gasteiger partial charge in [-0.05, 0) is 35.4 Å². The van der Waals surface area contributed by atoms with Crippen molar-refractivity contribution in [2.45, 2.75) is 20.0 Å². The molecule has 7 nitrogen and oxygen atoms in total. The number of carbonyl (C=O) groups is 3. The van der Waals surface area contributed by atoms with E-state index in [-0.39, 0.29) is 0 Å². The van der Waals surface area contributed by atoms with E-state index in [4.69, 9.17) is 14.2 Å². The second-order valence-electron chi connectivity index (χ2n) is 5.28. The van der Waals surface area contributed by atoms with Gasteiger partial charge in [0.15, 0.2) is 6.10 Å². The molecule has 0 aliphatic rings. The van der Waals surface area contributed by atoms with Crippen LogP contribution in [0.25, 0.3) is 0 Å². The molecular weight excluding hydrogens is 340 g/mol. The average molecular weight is 358 g/mol. The van der Waals surface area contributed by atoms with Crippen molar-refractivity contribution in [3.63, 3.8) is 0 Å². The predicted octanol–water partition coefficient (Wildman–Crippen LogP) is 3.41. The van der Waals surface area contributed by atoms with Gasteiger partial charge in [0, 0.05) is 13.8 Å². The SMILES string of the molecule is COC(=O)OC(c1ccc(OC(C)=O)cc1)c1ccc(OC(C)=O)cc1. The van der Waals surface area contributed by atoms with Crippen molar-refractivity contribution in [2.24, 2.45) is 0 Å². The average Bonchev–Trinajstić information content (AvgIpc) is 2.60. The Morgan fingerprint density at radius 3 is 1.42 bits per heavy atom. The van der Waals surface area contributed by atoms with Gasteiger partial charge >= 0.3 is 18.1 Å². The van der Waals surface area contributed by atoms with Crippen molar-refractivity contribution in [3.8, 4) is 11.5 Å². The number of ether oxygens (including phenoxy) is 4. The molecule has 26 heavy (non-hydrogen) atoms. The van der Waals surface area contributed by atoms with E-state index < -0.39 is 24.2 Å². The van der Waals surface area contributed by atoms with Crippen LogP contribution in [0.3, 0.4) is 0 Å². The van der Waals surface area contributed by atoms with Crippen molar-refractivity contribution >= 4 is 18.1 Å². The number of carbonyl (C=O) groups excluding carboxylic acids is 3. The van der Waals surface area contributed by atoms with E-state index in [9.17, 15) is 14.4 Å². The molecule has 0 fully saturated rings. The number of benzene rings is 2. The van der Waals surface area contributed by atoms with Crippen molar-refractivity contribution in [1.82, 2.24) is 0 Å². The summed E-state index contributed by atoms with van der Waals surface area (Å²) >= 11 is 0. The Hall–Kier alpha value is -3.35. The van der Waals surface area contributed by atoms with Gasteiger partial charge in [-0.3, -0.25) is 9.59 Å². The molecule has 0 aromatic heterocycles. The summed E-state index contributed by atoms with van der Waals surface area (Å²) < 4.78 is 19.9. The van der Waals surface area contributed by atoms with Gasteiger partial charge in [0.25, 0.3) is 0 Å². The molecule has 0 radical (unpaired) electrons. The lowest BCUT2D eigenvalue weighted by Crippen LogP contribution is -2.13. The molecule has 0 bridgehead atoms. The largest absolute Gasteiger partial charge is 0.508 e. The maximum absolute atomic E-state index is 11.6. The van der Waals surface area contributed by atoms with Crippen molar-refractivity contribution < 1.29 is 33.3 Å². The highest BCUT2D eigenvalue weighted by atomic mass is 16.7. The zero-order valence-corrected chi connectivity index (χ0v) is 14.6. The Morgan fingerprint density at radius 2 is 1.12 bits per heavy atom. The van der Waals surface area contributed by atoms with Crippen LogP contribution in [0, 0.1) is 0 Å². The minimum atomic E-state index is -0.844. The minimum Gasteiger partial charge on any atom is -0.438 e. The first-order valence-corrected chi connectivity index (χ1v) is 7.70. The van der Waals surface area contributed by atoms with Crippen LogP contribution < -0.4 is 9.47 Å². The van der Waals surface area contributed by atoms with Gasteiger partial charge in [0.1, 0.15) is 11.5 Å². The molecule has 7 heteroatoms. The van der Waals surface area contributed by atoms with E-state index in [1.165, 1.54) is 21.0 Å². The van der Waals surface area contributed by atoms with Crippen molar-refractivity contribution in [1.29, 1.82) is 0 Å². The van der Waals surface area contributed by atoms with E-state index in [0.717, 1.165) is 0 Å². The molecule has 0 aliphatic heterocycles. The number of rotatable bonds is 5. The fourth-order valence-corrected chi connectivity index (χ4v) is 2.23. The normalized spacial score (nSPS) is 10.2. The summed E-state index contributed by atoms with van der Waals surface area (Å²) in [5.74, 6) is -0.103. The summed E-state index contributed by atoms with van der Waals surface area (Å²) in [5, 5.41) is 0. The molecule has 0 aliphatic carbocycles. The third-order valence-corrected chi connectivity index (χ3v) is 3.27. The molecule has 0 N–H and O–H groups in total. The number of hydrogen-bond acceptors (Lipinski definition) is 7. The lowest BCUT2D eigenvalue weighted by atomic mass is 10.0. The highest BCUT2D eigenvalue weighted by Crippen LogP contribution is 2.29. The van der Waals surface area contributed by atoms with Gasteiger partial charge in [-0.15, -0.1) is 0 Å². The standard InChI is InChI=1S/C19H18O7/c1-12(20)24-16-8-4-14(5-9-16)18(26-19(22)23-3)15-6-10-17(11-7-15)25-13(2)21/h4-11,18H,1-3H3. The quantitative estimate of drug-likeness (QED) is 0.598.